The maximum atomic E-state index is 11.8. The van der Waals surface area contributed by atoms with E-state index in [2.05, 4.69) is 31.8 Å². The third kappa shape index (κ3) is 4.17. The van der Waals surface area contributed by atoms with Crippen LogP contribution in [0, 0.1) is 0 Å². The van der Waals surface area contributed by atoms with Gasteiger partial charge in [0.2, 0.25) is 5.91 Å². The van der Waals surface area contributed by atoms with Crippen molar-refractivity contribution in [1.29, 1.82) is 0 Å². The first-order chi connectivity index (χ1) is 9.65. The average Bonchev–Trinajstić information content (AvgIpc) is 2.46. The molecule has 2 aromatic rings. The van der Waals surface area contributed by atoms with Crippen molar-refractivity contribution >= 4 is 27.7 Å². The number of amides is 2. The highest BCUT2D eigenvalue weighted by molar-refractivity contribution is 9.10. The summed E-state index contributed by atoms with van der Waals surface area (Å²) in [5.74, 6) is -0.701. The predicted octanol–water partition coefficient (Wildman–Crippen LogP) is 1.85. The Morgan fingerprint density at radius 2 is 1.85 bits per heavy atom. The van der Waals surface area contributed by atoms with Crippen molar-refractivity contribution in [2.24, 2.45) is 0 Å². The van der Waals surface area contributed by atoms with Gasteiger partial charge in [-0.3, -0.25) is 25.4 Å². The fourth-order valence-corrected chi connectivity index (χ4v) is 1.92. The molecule has 2 N–H and O–H groups in total. The molecule has 1 aromatic carbocycles. The van der Waals surface area contributed by atoms with Gasteiger partial charge < -0.3 is 0 Å². The summed E-state index contributed by atoms with van der Waals surface area (Å²) in [6, 6.07) is 10.9. The summed E-state index contributed by atoms with van der Waals surface area (Å²) in [6.45, 7) is 0. The number of nitrogens with one attached hydrogen (secondary N) is 2. The van der Waals surface area contributed by atoms with E-state index in [1.165, 1.54) is 6.20 Å². The smallest absolute Gasteiger partial charge is 0.271 e. The summed E-state index contributed by atoms with van der Waals surface area (Å²) < 4.78 is 0.695. The highest BCUT2D eigenvalue weighted by atomic mass is 79.9. The lowest BCUT2D eigenvalue weighted by Crippen LogP contribution is -2.42. The summed E-state index contributed by atoms with van der Waals surface area (Å²) in [4.78, 5) is 27.3. The van der Waals surface area contributed by atoms with Gasteiger partial charge in [-0.25, -0.2) is 0 Å². The number of hydrogen-bond acceptors (Lipinski definition) is 3. The van der Waals surface area contributed by atoms with Gasteiger partial charge in [0.25, 0.3) is 5.91 Å². The molecule has 6 heteroatoms. The number of hydrogen-bond donors (Lipinski definition) is 2. The molecule has 20 heavy (non-hydrogen) atoms. The SMILES string of the molecule is O=C(Cc1ccccc1)NNC(=O)c1cncc(Br)c1. The number of aromatic nitrogens is 1. The van der Waals surface area contributed by atoms with E-state index in [9.17, 15) is 9.59 Å². The number of carbonyl (C=O) groups excluding carboxylic acids is 2. The second-order valence-electron chi connectivity index (χ2n) is 4.06. The molecule has 1 aromatic heterocycles. The van der Waals surface area contributed by atoms with Crippen LogP contribution in [-0.2, 0) is 11.2 Å². The number of halogens is 1. The number of benzene rings is 1. The molecule has 0 atom stereocenters. The van der Waals surface area contributed by atoms with Gasteiger partial charge in [-0.15, -0.1) is 0 Å². The van der Waals surface area contributed by atoms with E-state index in [1.807, 2.05) is 30.3 Å². The van der Waals surface area contributed by atoms with Crippen LogP contribution >= 0.6 is 15.9 Å². The summed E-state index contributed by atoms with van der Waals surface area (Å²) in [7, 11) is 0. The van der Waals surface area contributed by atoms with Gasteiger partial charge >= 0.3 is 0 Å². The molecule has 0 aliphatic rings. The zero-order valence-electron chi connectivity index (χ0n) is 10.5. The van der Waals surface area contributed by atoms with Gasteiger partial charge in [-0.05, 0) is 27.6 Å². The van der Waals surface area contributed by atoms with E-state index in [0.717, 1.165) is 5.56 Å². The summed E-state index contributed by atoms with van der Waals surface area (Å²) >= 11 is 3.22. The lowest BCUT2D eigenvalue weighted by atomic mass is 10.1. The molecule has 2 rings (SSSR count). The number of pyridine rings is 1. The van der Waals surface area contributed by atoms with E-state index in [-0.39, 0.29) is 12.3 Å². The quantitative estimate of drug-likeness (QED) is 0.842. The molecule has 0 saturated heterocycles. The Morgan fingerprint density at radius 1 is 1.10 bits per heavy atom. The largest absolute Gasteiger partial charge is 0.273 e. The second-order valence-corrected chi connectivity index (χ2v) is 4.97. The van der Waals surface area contributed by atoms with Crippen molar-refractivity contribution in [3.8, 4) is 0 Å². The van der Waals surface area contributed by atoms with E-state index in [1.54, 1.807) is 12.3 Å². The average molecular weight is 334 g/mol. The van der Waals surface area contributed by atoms with Crippen molar-refractivity contribution in [2.75, 3.05) is 0 Å². The fourth-order valence-electron chi connectivity index (χ4n) is 1.56. The normalized spacial score (nSPS) is 9.85. The summed E-state index contributed by atoms with van der Waals surface area (Å²) in [6.07, 6.45) is 3.20. The number of carbonyl (C=O) groups is 2. The Morgan fingerprint density at radius 3 is 2.55 bits per heavy atom. The third-order valence-corrected chi connectivity index (χ3v) is 2.92. The minimum Gasteiger partial charge on any atom is -0.273 e. The van der Waals surface area contributed by atoms with Crippen molar-refractivity contribution in [1.82, 2.24) is 15.8 Å². The Labute approximate surface area is 124 Å². The number of nitrogens with zero attached hydrogens (tertiary/aromatic N) is 1. The molecule has 0 spiro atoms. The van der Waals surface area contributed by atoms with Crippen molar-refractivity contribution < 1.29 is 9.59 Å². The van der Waals surface area contributed by atoms with Gasteiger partial charge in [0, 0.05) is 16.9 Å². The molecule has 0 saturated carbocycles. The molecule has 0 aliphatic carbocycles. The zero-order valence-corrected chi connectivity index (χ0v) is 12.1. The fraction of sp³-hybridized carbons (Fsp3) is 0.0714. The molecule has 5 nitrogen and oxygen atoms in total. The second kappa shape index (κ2) is 6.81. The molecular formula is C14H12BrN3O2. The minimum absolute atomic E-state index is 0.206. The molecule has 0 bridgehead atoms. The monoisotopic (exact) mass is 333 g/mol. The van der Waals surface area contributed by atoms with Gasteiger partial charge in [0.1, 0.15) is 0 Å². The summed E-state index contributed by atoms with van der Waals surface area (Å²) in [5, 5.41) is 0. The number of rotatable bonds is 3. The van der Waals surface area contributed by atoms with Crippen LogP contribution in [0.15, 0.2) is 53.3 Å². The maximum absolute atomic E-state index is 11.8. The van der Waals surface area contributed by atoms with Gasteiger partial charge in [0.15, 0.2) is 0 Å². The van der Waals surface area contributed by atoms with Crippen molar-refractivity contribution in [2.45, 2.75) is 6.42 Å². The Balaban J connectivity index is 1.86. The van der Waals surface area contributed by atoms with Crippen LogP contribution in [0.4, 0.5) is 0 Å². The molecule has 0 unspecified atom stereocenters. The minimum atomic E-state index is -0.416. The number of hydrazine groups is 1. The Kier molecular flexibility index (Phi) is 4.84. The Bertz CT molecular complexity index is 617. The highest BCUT2D eigenvalue weighted by Gasteiger charge is 2.08. The highest BCUT2D eigenvalue weighted by Crippen LogP contribution is 2.09. The van der Waals surface area contributed by atoms with Crippen LogP contribution in [0.5, 0.6) is 0 Å². The standard InChI is InChI=1S/C14H12BrN3O2/c15-12-7-11(8-16-9-12)14(20)18-17-13(19)6-10-4-2-1-3-5-10/h1-5,7-9H,6H2,(H,17,19)(H,18,20). The predicted molar refractivity (Wildman–Crippen MR) is 77.7 cm³/mol. The first kappa shape index (κ1) is 14.2. The van der Waals surface area contributed by atoms with E-state index >= 15 is 0 Å². The van der Waals surface area contributed by atoms with Crippen molar-refractivity contribution in [3.63, 3.8) is 0 Å². The van der Waals surface area contributed by atoms with Crippen LogP contribution in [-0.4, -0.2) is 16.8 Å². The zero-order chi connectivity index (χ0) is 14.4. The molecule has 1 heterocycles. The molecule has 2 amide bonds. The topological polar surface area (TPSA) is 71.1 Å². The van der Waals surface area contributed by atoms with E-state index < -0.39 is 5.91 Å². The lowest BCUT2D eigenvalue weighted by Gasteiger charge is -2.07. The molecule has 0 fully saturated rings. The van der Waals surface area contributed by atoms with Crippen LogP contribution in [0.2, 0.25) is 0 Å². The molecule has 0 radical (unpaired) electrons. The first-order valence-corrected chi connectivity index (χ1v) is 6.68. The van der Waals surface area contributed by atoms with Crippen LogP contribution < -0.4 is 10.9 Å². The lowest BCUT2D eigenvalue weighted by molar-refractivity contribution is -0.121. The molecule has 0 aliphatic heterocycles. The third-order valence-electron chi connectivity index (χ3n) is 2.49. The van der Waals surface area contributed by atoms with Gasteiger partial charge in [-0.2, -0.15) is 0 Å². The van der Waals surface area contributed by atoms with Crippen LogP contribution in [0.3, 0.4) is 0 Å². The Hall–Kier alpha value is -2.21. The summed E-state index contributed by atoms with van der Waals surface area (Å²) in [5.41, 5.74) is 5.95. The molecular weight excluding hydrogens is 322 g/mol. The van der Waals surface area contributed by atoms with Crippen molar-refractivity contribution in [3.05, 3.63) is 64.4 Å². The maximum Gasteiger partial charge on any atom is 0.271 e. The van der Waals surface area contributed by atoms with Crippen LogP contribution in [0.1, 0.15) is 15.9 Å². The van der Waals surface area contributed by atoms with E-state index in [0.29, 0.717) is 10.0 Å². The van der Waals surface area contributed by atoms with E-state index in [4.69, 9.17) is 0 Å². The van der Waals surface area contributed by atoms with Gasteiger partial charge in [-0.1, -0.05) is 30.3 Å². The van der Waals surface area contributed by atoms with Crippen LogP contribution in [0.25, 0.3) is 0 Å². The molecule has 102 valence electrons. The first-order valence-electron chi connectivity index (χ1n) is 5.89. The van der Waals surface area contributed by atoms with Gasteiger partial charge in [0.05, 0.1) is 12.0 Å².